The van der Waals surface area contributed by atoms with Gasteiger partial charge in [0, 0.05) is 18.1 Å². The molecule has 3 rings (SSSR count). The highest BCUT2D eigenvalue weighted by atomic mass is 35.5. The number of sulfonamides is 1. The van der Waals surface area contributed by atoms with Gasteiger partial charge in [-0.15, -0.1) is 0 Å². The molecule has 0 fully saturated rings. The van der Waals surface area contributed by atoms with E-state index in [1.165, 1.54) is 24.3 Å². The van der Waals surface area contributed by atoms with Crippen LogP contribution in [0.25, 0.3) is 22.6 Å². The van der Waals surface area contributed by atoms with Gasteiger partial charge in [0.2, 0.25) is 10.0 Å². The number of oxazole rings is 1. The molecule has 0 radical (unpaired) electrons. The lowest BCUT2D eigenvalue weighted by Gasteiger charge is -2.07. The van der Waals surface area contributed by atoms with Gasteiger partial charge in [0.25, 0.3) is 10.5 Å². The first kappa shape index (κ1) is 33.6. The van der Waals surface area contributed by atoms with Gasteiger partial charge >= 0.3 is 0 Å². The summed E-state index contributed by atoms with van der Waals surface area (Å²) in [5, 5.41) is 3.93. The molecule has 2 amide bonds. The van der Waals surface area contributed by atoms with Gasteiger partial charge < -0.3 is 21.4 Å². The Balaban J connectivity index is 0. The number of hydrogen-bond acceptors (Lipinski definition) is 6. The van der Waals surface area contributed by atoms with E-state index in [4.69, 9.17) is 30.7 Å². The molecule has 3 aromatic rings. The first-order valence-corrected chi connectivity index (χ1v) is 11.1. The highest BCUT2D eigenvalue weighted by Crippen LogP contribution is 2.36. The first-order valence-electron chi connectivity index (χ1n) is 8.25. The number of aryl methyl sites for hydroxylation is 1. The molecule has 15 heteroatoms. The molecule has 0 aliphatic rings. The Labute approximate surface area is 211 Å². The van der Waals surface area contributed by atoms with Gasteiger partial charge in [-0.2, -0.15) is 0 Å². The molecule has 1 aromatic heterocycles. The van der Waals surface area contributed by atoms with E-state index in [-0.39, 0.29) is 34.1 Å². The van der Waals surface area contributed by atoms with Gasteiger partial charge in [-0.25, -0.2) is 22.9 Å². The lowest BCUT2D eigenvalue weighted by Crippen LogP contribution is -2.13. The number of primary amides is 2. The van der Waals surface area contributed by atoms with E-state index in [0.29, 0.717) is 17.1 Å². The molecule has 8 N–H and O–H groups in total. The molecule has 2 aromatic carbocycles. The van der Waals surface area contributed by atoms with Crippen LogP contribution in [-0.4, -0.2) is 29.4 Å². The summed E-state index contributed by atoms with van der Waals surface area (Å²) in [6.45, 7) is 1.62. The van der Waals surface area contributed by atoms with Crippen LogP contribution in [0.5, 0.6) is 0 Å². The largest absolute Gasteiger partial charge is 0.440 e. The quantitative estimate of drug-likeness (QED) is 0.306. The number of thiol groups is 2. The smallest absolute Gasteiger partial charge is 0.273 e. The summed E-state index contributed by atoms with van der Waals surface area (Å²) < 4.78 is 42.6. The van der Waals surface area contributed by atoms with Crippen molar-refractivity contribution in [3.63, 3.8) is 0 Å². The van der Waals surface area contributed by atoms with E-state index in [1.54, 1.807) is 25.1 Å². The maximum Gasteiger partial charge on any atom is 0.273 e. The van der Waals surface area contributed by atoms with Crippen LogP contribution in [0.3, 0.4) is 0 Å². The van der Waals surface area contributed by atoms with Crippen molar-refractivity contribution in [2.45, 2.75) is 19.2 Å². The molecule has 0 unspecified atom stereocenters. The maximum absolute atomic E-state index is 13.4. The molecule has 10 nitrogen and oxygen atoms in total. The van der Waals surface area contributed by atoms with E-state index in [2.05, 4.69) is 41.7 Å². The van der Waals surface area contributed by atoms with Crippen molar-refractivity contribution >= 4 is 57.4 Å². The van der Waals surface area contributed by atoms with Crippen molar-refractivity contribution in [2.24, 2.45) is 16.6 Å². The van der Waals surface area contributed by atoms with Crippen LogP contribution in [0.2, 0.25) is 5.02 Å². The number of aromatic nitrogens is 1. The Morgan fingerprint density at radius 3 is 2.06 bits per heavy atom. The Bertz CT molecular complexity index is 1220. The van der Waals surface area contributed by atoms with Gasteiger partial charge in [-0.1, -0.05) is 56.4 Å². The Morgan fingerprint density at radius 2 is 1.59 bits per heavy atom. The number of carbonyl (C=O) groups excluding carboxylic acids is 2. The zero-order chi connectivity index (χ0) is 24.6. The van der Waals surface area contributed by atoms with E-state index >= 15 is 0 Å². The Kier molecular flexibility index (Phi) is 14.4. The highest BCUT2D eigenvalue weighted by Gasteiger charge is 2.22. The number of carbonyl (C=O) groups is 2. The van der Waals surface area contributed by atoms with Crippen molar-refractivity contribution in [1.29, 1.82) is 0 Å². The first-order chi connectivity index (χ1) is 14.7. The van der Waals surface area contributed by atoms with Gasteiger partial charge in [-0.3, -0.25) is 9.59 Å². The summed E-state index contributed by atoms with van der Waals surface area (Å²) in [6, 6.07) is 10.2. The van der Waals surface area contributed by atoms with Crippen molar-refractivity contribution < 1.29 is 32.3 Å². The number of halogens is 2. The van der Waals surface area contributed by atoms with Gasteiger partial charge in [0.1, 0.15) is 11.5 Å². The lowest BCUT2D eigenvalue weighted by atomic mass is 10.1. The second-order valence-corrected chi connectivity index (χ2v) is 8.58. The van der Waals surface area contributed by atoms with Crippen LogP contribution < -0.4 is 16.6 Å². The van der Waals surface area contributed by atoms with Gasteiger partial charge in [-0.05, 0) is 30.3 Å². The number of primary sulfonamides is 1. The van der Waals surface area contributed by atoms with E-state index in [1.807, 2.05) is 0 Å². The van der Waals surface area contributed by atoms with Crippen molar-refractivity contribution in [1.82, 2.24) is 4.98 Å². The number of benzene rings is 2. The molecule has 188 valence electrons. The fraction of sp³-hybridized carbons (Fsp3) is 0.105. The van der Waals surface area contributed by atoms with Crippen molar-refractivity contribution in [2.75, 3.05) is 0 Å². The fourth-order valence-electron chi connectivity index (χ4n) is 2.35. The van der Waals surface area contributed by atoms with Crippen LogP contribution >= 0.6 is 36.9 Å². The van der Waals surface area contributed by atoms with Crippen LogP contribution in [0, 0.1) is 12.7 Å². The van der Waals surface area contributed by atoms with Crippen LogP contribution in [0.4, 0.5) is 14.0 Å². The number of nitrogens with zero attached hydrogens (tertiary/aromatic N) is 1. The zero-order valence-electron chi connectivity index (χ0n) is 16.8. The standard InChI is InChI=1S/C16H12ClFN2O3S.2CH3NOS.CH4.H2O/c1-9-20-15(10-6-7-13(18)12(17)8-10)16(23-9)11-4-2-3-5-14(11)24(19,21)22;2*2-1(3)4;;/h2-8H,1H3,(H2,19,21,22);2*(H3,2,3,4);1H4;1H2. The highest BCUT2D eigenvalue weighted by molar-refractivity contribution is 7.96. The molecule has 0 saturated carbocycles. The molecular weight excluding hydrogens is 531 g/mol. The summed E-state index contributed by atoms with van der Waals surface area (Å²) in [7, 11) is -3.96. The Hall–Kier alpha value is -2.62. The number of hydrogen-bond donors (Lipinski definition) is 5. The molecule has 0 aliphatic heterocycles. The minimum atomic E-state index is -3.96. The van der Waals surface area contributed by atoms with Crippen LogP contribution in [0.1, 0.15) is 13.3 Å². The molecule has 0 spiro atoms. The lowest BCUT2D eigenvalue weighted by molar-refractivity contribution is 0.266. The average molecular weight is 555 g/mol. The van der Waals surface area contributed by atoms with E-state index in [9.17, 15) is 12.8 Å². The van der Waals surface area contributed by atoms with Crippen LogP contribution in [0.15, 0.2) is 51.8 Å². The monoisotopic (exact) mass is 554 g/mol. The zero-order valence-corrected chi connectivity index (χ0v) is 20.2. The SMILES string of the molecule is C.Cc1nc(-c2ccc(F)c(Cl)c2)c(-c2ccccc2S(N)(=O)=O)o1.NC(=O)S.NC(=O)S.O. The molecule has 1 heterocycles. The van der Waals surface area contributed by atoms with Gasteiger partial charge in [0.15, 0.2) is 11.7 Å². The third-order valence-corrected chi connectivity index (χ3v) is 4.62. The second kappa shape index (κ2) is 14.6. The summed E-state index contributed by atoms with van der Waals surface area (Å²) in [5.41, 5.74) is 9.80. The van der Waals surface area contributed by atoms with E-state index < -0.39 is 26.3 Å². The minimum Gasteiger partial charge on any atom is -0.440 e. The van der Waals surface area contributed by atoms with Gasteiger partial charge in [0.05, 0.1) is 9.92 Å². The summed E-state index contributed by atoms with van der Waals surface area (Å²) in [4.78, 5) is 22.4. The topological polar surface area (TPSA) is 204 Å². The van der Waals surface area contributed by atoms with E-state index in [0.717, 1.165) is 0 Å². The summed E-state index contributed by atoms with van der Waals surface area (Å²) >= 11 is 12.0. The summed E-state index contributed by atoms with van der Waals surface area (Å²) in [5.74, 6) is -0.0170. The molecular formula is C19H24ClFN4O6S3. The molecule has 34 heavy (non-hydrogen) atoms. The second-order valence-electron chi connectivity index (χ2n) is 5.76. The van der Waals surface area contributed by atoms with Crippen molar-refractivity contribution in [3.05, 3.63) is 59.2 Å². The number of nitrogens with two attached hydrogens (primary N) is 3. The number of amides is 2. The molecule has 0 aliphatic carbocycles. The molecule has 0 atom stereocenters. The van der Waals surface area contributed by atoms with Crippen LogP contribution in [-0.2, 0) is 10.0 Å². The predicted molar refractivity (Wildman–Crippen MR) is 136 cm³/mol. The maximum atomic E-state index is 13.4. The predicted octanol–water partition coefficient (Wildman–Crippen LogP) is 3.56. The normalized spacial score (nSPS) is 9.71. The minimum absolute atomic E-state index is 0. The Morgan fingerprint density at radius 1 is 1.09 bits per heavy atom. The summed E-state index contributed by atoms with van der Waals surface area (Å²) in [6.07, 6.45) is 0. The number of rotatable bonds is 3. The van der Waals surface area contributed by atoms with Crippen molar-refractivity contribution in [3.8, 4) is 22.6 Å². The average Bonchev–Trinajstić information content (AvgIpc) is 3.04. The third-order valence-electron chi connectivity index (χ3n) is 3.37. The molecule has 0 saturated heterocycles. The third kappa shape index (κ3) is 10.5. The fourth-order valence-corrected chi connectivity index (χ4v) is 3.27. The molecule has 0 bridgehead atoms.